The SMILES string of the molecule is CCOC(=O)COc1ccc(C(c2ccccc2)N2CCN(C(=O)CC3CCNCC3)[C@@H](C(C)(C)C)C2)cc1.Cl.Cl. The van der Waals surface area contributed by atoms with E-state index in [-0.39, 0.29) is 54.9 Å². The fraction of sp³-hybridized carbons (Fsp3) is 0.562. The van der Waals surface area contributed by atoms with Gasteiger partial charge in [0.15, 0.2) is 6.61 Å². The molecule has 0 spiro atoms. The van der Waals surface area contributed by atoms with Crippen LogP contribution in [0.4, 0.5) is 0 Å². The zero-order chi connectivity index (χ0) is 27.8. The molecule has 2 heterocycles. The molecule has 1 unspecified atom stereocenters. The molecule has 2 aliphatic heterocycles. The van der Waals surface area contributed by atoms with Crippen molar-refractivity contribution in [2.24, 2.45) is 11.3 Å². The lowest BCUT2D eigenvalue weighted by Gasteiger charge is -2.49. The average molecular weight is 609 g/mol. The van der Waals surface area contributed by atoms with Gasteiger partial charge in [0.05, 0.1) is 12.6 Å². The second-order valence-corrected chi connectivity index (χ2v) is 11.8. The minimum Gasteiger partial charge on any atom is -0.482 e. The third-order valence-electron chi connectivity index (χ3n) is 7.99. The third-order valence-corrected chi connectivity index (χ3v) is 7.99. The van der Waals surface area contributed by atoms with E-state index in [0.29, 0.717) is 30.6 Å². The van der Waals surface area contributed by atoms with E-state index < -0.39 is 0 Å². The number of halogens is 2. The minimum absolute atomic E-state index is 0. The van der Waals surface area contributed by atoms with Crippen LogP contribution in [0.5, 0.6) is 5.75 Å². The molecule has 41 heavy (non-hydrogen) atoms. The molecular weight excluding hydrogens is 561 g/mol. The van der Waals surface area contributed by atoms with Crippen molar-refractivity contribution in [3.8, 4) is 5.75 Å². The highest BCUT2D eigenvalue weighted by Gasteiger charge is 2.40. The highest BCUT2D eigenvalue weighted by molar-refractivity contribution is 5.85. The molecule has 0 aromatic heterocycles. The van der Waals surface area contributed by atoms with Gasteiger partial charge in [-0.2, -0.15) is 0 Å². The van der Waals surface area contributed by atoms with Gasteiger partial charge in [-0.3, -0.25) is 9.69 Å². The lowest BCUT2D eigenvalue weighted by Crippen LogP contribution is -2.60. The normalized spacial score (nSPS) is 18.9. The number of ether oxygens (including phenoxy) is 2. The molecule has 1 N–H and O–H groups in total. The monoisotopic (exact) mass is 607 g/mol. The van der Waals surface area contributed by atoms with Crippen LogP contribution in [0.15, 0.2) is 54.6 Å². The van der Waals surface area contributed by atoms with Crippen LogP contribution in [0, 0.1) is 11.3 Å². The Balaban J connectivity index is 0.00000294. The molecule has 0 radical (unpaired) electrons. The molecule has 2 atom stereocenters. The highest BCUT2D eigenvalue weighted by Crippen LogP contribution is 2.36. The van der Waals surface area contributed by atoms with E-state index >= 15 is 0 Å². The first kappa shape index (κ1) is 34.9. The summed E-state index contributed by atoms with van der Waals surface area (Å²) in [6.07, 6.45) is 2.83. The van der Waals surface area contributed by atoms with Crippen molar-refractivity contribution in [2.45, 2.75) is 59.0 Å². The number of carbonyl (C=O) groups is 2. The smallest absolute Gasteiger partial charge is 0.344 e. The molecular formula is C32H47Cl2N3O4. The lowest BCUT2D eigenvalue weighted by molar-refractivity contribution is -0.145. The third kappa shape index (κ3) is 9.60. The summed E-state index contributed by atoms with van der Waals surface area (Å²) in [4.78, 5) is 30.0. The Kier molecular flexibility index (Phi) is 13.9. The van der Waals surface area contributed by atoms with Crippen LogP contribution in [0.3, 0.4) is 0 Å². The highest BCUT2D eigenvalue weighted by atomic mass is 35.5. The van der Waals surface area contributed by atoms with Gasteiger partial charge < -0.3 is 19.7 Å². The van der Waals surface area contributed by atoms with Crippen molar-refractivity contribution in [1.29, 1.82) is 0 Å². The summed E-state index contributed by atoms with van der Waals surface area (Å²) in [5, 5.41) is 3.41. The summed E-state index contributed by atoms with van der Waals surface area (Å²) in [6.45, 7) is 13.1. The van der Waals surface area contributed by atoms with Crippen LogP contribution in [-0.2, 0) is 14.3 Å². The molecule has 4 rings (SSSR count). The topological polar surface area (TPSA) is 71.1 Å². The number of nitrogens with one attached hydrogen (secondary N) is 1. The van der Waals surface area contributed by atoms with Gasteiger partial charge in [0, 0.05) is 32.1 Å². The molecule has 2 aliphatic rings. The summed E-state index contributed by atoms with van der Waals surface area (Å²) >= 11 is 0. The fourth-order valence-corrected chi connectivity index (χ4v) is 5.87. The number of rotatable bonds is 9. The number of benzene rings is 2. The van der Waals surface area contributed by atoms with Crippen LogP contribution in [0.25, 0.3) is 0 Å². The van der Waals surface area contributed by atoms with E-state index in [4.69, 9.17) is 9.47 Å². The summed E-state index contributed by atoms with van der Waals surface area (Å²) in [6, 6.07) is 18.7. The van der Waals surface area contributed by atoms with E-state index in [1.807, 2.05) is 18.2 Å². The Labute approximate surface area is 258 Å². The van der Waals surface area contributed by atoms with Gasteiger partial charge >= 0.3 is 5.97 Å². The Morgan fingerprint density at radius 1 is 0.951 bits per heavy atom. The first-order chi connectivity index (χ1) is 18.8. The number of hydrogen-bond acceptors (Lipinski definition) is 6. The number of hydrogen-bond donors (Lipinski definition) is 1. The first-order valence-corrected chi connectivity index (χ1v) is 14.4. The predicted molar refractivity (Wildman–Crippen MR) is 168 cm³/mol. The maximum Gasteiger partial charge on any atom is 0.344 e. The average Bonchev–Trinajstić information content (AvgIpc) is 2.93. The quantitative estimate of drug-likeness (QED) is 0.379. The van der Waals surface area contributed by atoms with Crippen molar-refractivity contribution in [3.05, 3.63) is 65.7 Å². The fourth-order valence-electron chi connectivity index (χ4n) is 5.87. The van der Waals surface area contributed by atoms with Gasteiger partial charge in [0.1, 0.15) is 5.75 Å². The van der Waals surface area contributed by atoms with Gasteiger partial charge in [0.2, 0.25) is 5.91 Å². The largest absolute Gasteiger partial charge is 0.482 e. The van der Waals surface area contributed by atoms with Gasteiger partial charge in [-0.15, -0.1) is 24.8 Å². The van der Waals surface area contributed by atoms with Gasteiger partial charge in [0.25, 0.3) is 0 Å². The molecule has 2 fully saturated rings. The maximum absolute atomic E-state index is 13.6. The molecule has 2 aromatic carbocycles. The van der Waals surface area contributed by atoms with Crippen molar-refractivity contribution in [1.82, 2.24) is 15.1 Å². The predicted octanol–water partition coefficient (Wildman–Crippen LogP) is 5.51. The van der Waals surface area contributed by atoms with E-state index in [1.165, 1.54) is 5.56 Å². The summed E-state index contributed by atoms with van der Waals surface area (Å²) in [5.41, 5.74) is 2.33. The summed E-state index contributed by atoms with van der Waals surface area (Å²) in [5.74, 6) is 1.06. The van der Waals surface area contributed by atoms with E-state index in [2.05, 4.69) is 72.3 Å². The molecule has 1 amide bonds. The van der Waals surface area contributed by atoms with Gasteiger partial charge in [-0.25, -0.2) is 4.79 Å². The molecule has 7 nitrogen and oxygen atoms in total. The zero-order valence-electron chi connectivity index (χ0n) is 24.8. The Bertz CT molecular complexity index is 1070. The number of nitrogens with zero attached hydrogens (tertiary/aromatic N) is 2. The number of amides is 1. The molecule has 0 aliphatic carbocycles. The van der Waals surface area contributed by atoms with Crippen LogP contribution in [-0.4, -0.2) is 73.7 Å². The van der Waals surface area contributed by atoms with Crippen molar-refractivity contribution in [2.75, 3.05) is 45.9 Å². The number of carbonyl (C=O) groups excluding carboxylic acids is 2. The van der Waals surface area contributed by atoms with Crippen LogP contribution in [0.1, 0.15) is 64.1 Å². The second-order valence-electron chi connectivity index (χ2n) is 11.8. The number of piperidine rings is 1. The van der Waals surface area contributed by atoms with Gasteiger partial charge in [-0.05, 0) is 67.4 Å². The van der Waals surface area contributed by atoms with Crippen LogP contribution in [0.2, 0.25) is 0 Å². The number of esters is 1. The first-order valence-electron chi connectivity index (χ1n) is 14.4. The van der Waals surface area contributed by atoms with E-state index in [9.17, 15) is 9.59 Å². The Hall–Kier alpha value is -2.32. The molecule has 2 saturated heterocycles. The summed E-state index contributed by atoms with van der Waals surface area (Å²) in [7, 11) is 0. The molecule has 228 valence electrons. The van der Waals surface area contributed by atoms with Crippen LogP contribution < -0.4 is 10.1 Å². The summed E-state index contributed by atoms with van der Waals surface area (Å²) < 4.78 is 10.6. The van der Waals surface area contributed by atoms with E-state index in [1.54, 1.807) is 6.92 Å². The molecule has 9 heteroatoms. The maximum atomic E-state index is 13.6. The Morgan fingerprint density at radius 3 is 2.20 bits per heavy atom. The zero-order valence-corrected chi connectivity index (χ0v) is 26.5. The standard InChI is InChI=1S/C32H45N3O4.2ClH/c1-5-38-30(37)23-39-27-13-11-26(12-14-27)31(25-9-7-6-8-10-25)34-19-20-35(28(22-34)32(2,3)4)29(36)21-24-15-17-33-18-16-24;;/h6-14,24,28,31,33H,5,15-23H2,1-4H3;2*1H/t28-,31?;;/m1../s1. The minimum atomic E-state index is -0.371. The van der Waals surface area contributed by atoms with Crippen molar-refractivity contribution in [3.63, 3.8) is 0 Å². The Morgan fingerprint density at radius 2 is 1.59 bits per heavy atom. The van der Waals surface area contributed by atoms with Crippen molar-refractivity contribution < 1.29 is 19.1 Å². The van der Waals surface area contributed by atoms with Crippen LogP contribution >= 0.6 is 24.8 Å². The number of piperazine rings is 1. The second kappa shape index (κ2) is 16.4. The lowest BCUT2D eigenvalue weighted by atomic mass is 9.82. The molecule has 0 saturated carbocycles. The van der Waals surface area contributed by atoms with Gasteiger partial charge in [-0.1, -0.05) is 63.2 Å². The van der Waals surface area contributed by atoms with Crippen molar-refractivity contribution >= 4 is 36.7 Å². The molecule has 0 bridgehead atoms. The molecule has 2 aromatic rings. The van der Waals surface area contributed by atoms with E-state index in [0.717, 1.165) is 51.1 Å².